The van der Waals surface area contributed by atoms with E-state index in [-0.39, 0.29) is 12.4 Å². The molecule has 4 nitrogen and oxygen atoms in total. The predicted molar refractivity (Wildman–Crippen MR) is 66.9 cm³/mol. The summed E-state index contributed by atoms with van der Waals surface area (Å²) in [6.45, 7) is 0.249. The number of aliphatic hydroxyl groups excluding tert-OH is 1. The highest BCUT2D eigenvalue weighted by Gasteiger charge is 2.07. The lowest BCUT2D eigenvalue weighted by Gasteiger charge is -2.12. The number of aliphatic hydroxyl groups is 1. The van der Waals surface area contributed by atoms with E-state index in [1.807, 2.05) is 0 Å². The Morgan fingerprint density at radius 1 is 1.28 bits per heavy atom. The van der Waals surface area contributed by atoms with Gasteiger partial charge in [-0.15, -0.1) is 0 Å². The lowest BCUT2D eigenvalue weighted by molar-refractivity contribution is 0.191. The molecule has 1 aromatic carbocycles. The Hall–Kier alpha value is -1.72. The second-order valence-electron chi connectivity index (χ2n) is 3.67. The summed E-state index contributed by atoms with van der Waals surface area (Å²) in [7, 11) is 0. The second-order valence-corrected chi connectivity index (χ2v) is 4.06. The number of hydrogen-bond donors (Lipinski definition) is 2. The van der Waals surface area contributed by atoms with Crippen molar-refractivity contribution in [2.75, 3.05) is 11.9 Å². The van der Waals surface area contributed by atoms with Crippen LogP contribution in [0.1, 0.15) is 11.7 Å². The van der Waals surface area contributed by atoms with Crippen molar-refractivity contribution in [2.24, 2.45) is 0 Å². The van der Waals surface area contributed by atoms with Crippen LogP contribution in [0.5, 0.6) is 0 Å². The summed E-state index contributed by atoms with van der Waals surface area (Å²) in [5.41, 5.74) is 0.629. The Labute approximate surface area is 108 Å². The third-order valence-corrected chi connectivity index (χ3v) is 2.57. The smallest absolute Gasteiger partial charge is 0.134 e. The van der Waals surface area contributed by atoms with Crippen molar-refractivity contribution in [2.45, 2.75) is 6.10 Å². The Balaban J connectivity index is 1.96. The van der Waals surface area contributed by atoms with Gasteiger partial charge in [-0.3, -0.25) is 0 Å². The molecule has 1 aromatic heterocycles. The molecule has 0 saturated carbocycles. The highest BCUT2D eigenvalue weighted by Crippen LogP contribution is 2.15. The fourth-order valence-electron chi connectivity index (χ4n) is 1.43. The van der Waals surface area contributed by atoms with Crippen LogP contribution in [-0.2, 0) is 0 Å². The van der Waals surface area contributed by atoms with E-state index in [2.05, 4.69) is 15.3 Å². The van der Waals surface area contributed by atoms with Crippen molar-refractivity contribution < 1.29 is 9.50 Å². The van der Waals surface area contributed by atoms with Gasteiger partial charge in [0.05, 0.1) is 6.10 Å². The molecule has 0 aliphatic heterocycles. The van der Waals surface area contributed by atoms with Crippen LogP contribution in [0.3, 0.4) is 0 Å². The second kappa shape index (κ2) is 5.75. The summed E-state index contributed by atoms with van der Waals surface area (Å²) in [4.78, 5) is 7.69. The SMILES string of the molecule is OC(CNc1cc(Cl)ncn1)c1ccc(F)cc1. The van der Waals surface area contributed by atoms with Crippen molar-refractivity contribution in [3.8, 4) is 0 Å². The zero-order valence-corrected chi connectivity index (χ0v) is 10.1. The summed E-state index contributed by atoms with van der Waals surface area (Å²) >= 11 is 5.70. The molecule has 0 fully saturated rings. The Morgan fingerprint density at radius 3 is 2.67 bits per heavy atom. The molecule has 0 saturated heterocycles. The minimum absolute atomic E-state index is 0.249. The van der Waals surface area contributed by atoms with E-state index in [0.29, 0.717) is 16.5 Å². The van der Waals surface area contributed by atoms with Gasteiger partial charge in [-0.2, -0.15) is 0 Å². The third-order valence-electron chi connectivity index (χ3n) is 2.37. The van der Waals surface area contributed by atoms with Gasteiger partial charge >= 0.3 is 0 Å². The number of nitrogens with zero attached hydrogens (tertiary/aromatic N) is 2. The molecule has 18 heavy (non-hydrogen) atoms. The zero-order chi connectivity index (χ0) is 13.0. The number of benzene rings is 1. The summed E-state index contributed by atoms with van der Waals surface area (Å²) in [6.07, 6.45) is 0.578. The number of halogens is 2. The molecule has 0 amide bonds. The standard InChI is InChI=1S/C12H11ClFN3O/c13-11-5-12(17-7-16-11)15-6-10(18)8-1-3-9(14)4-2-8/h1-5,7,10,18H,6H2,(H,15,16,17). The molecule has 1 unspecified atom stereocenters. The van der Waals surface area contributed by atoms with Gasteiger partial charge in [0.15, 0.2) is 0 Å². The number of anilines is 1. The maximum Gasteiger partial charge on any atom is 0.134 e. The first kappa shape index (κ1) is 12.7. The van der Waals surface area contributed by atoms with Gasteiger partial charge in [0.2, 0.25) is 0 Å². The van der Waals surface area contributed by atoms with E-state index in [9.17, 15) is 9.50 Å². The van der Waals surface area contributed by atoms with Gasteiger partial charge in [0.25, 0.3) is 0 Å². The molecule has 6 heteroatoms. The van der Waals surface area contributed by atoms with Crippen LogP contribution < -0.4 is 5.32 Å². The maximum absolute atomic E-state index is 12.7. The van der Waals surface area contributed by atoms with Gasteiger partial charge in [-0.1, -0.05) is 23.7 Å². The molecule has 2 aromatic rings. The molecule has 2 rings (SSSR count). The maximum atomic E-state index is 12.7. The Morgan fingerprint density at radius 2 is 2.00 bits per heavy atom. The van der Waals surface area contributed by atoms with E-state index < -0.39 is 6.10 Å². The minimum atomic E-state index is -0.751. The van der Waals surface area contributed by atoms with E-state index in [1.54, 1.807) is 6.07 Å². The average molecular weight is 268 g/mol. The molecule has 2 N–H and O–H groups in total. The molecule has 0 radical (unpaired) electrons. The largest absolute Gasteiger partial charge is 0.387 e. The van der Waals surface area contributed by atoms with Crippen LogP contribution in [0.4, 0.5) is 10.2 Å². The van der Waals surface area contributed by atoms with Crippen molar-refractivity contribution >= 4 is 17.4 Å². The predicted octanol–water partition coefficient (Wildman–Crippen LogP) is 2.41. The van der Waals surface area contributed by atoms with Crippen LogP contribution in [0.2, 0.25) is 5.15 Å². The van der Waals surface area contributed by atoms with E-state index >= 15 is 0 Å². The highest BCUT2D eigenvalue weighted by molar-refractivity contribution is 6.29. The first-order chi connectivity index (χ1) is 8.65. The molecule has 0 spiro atoms. The Kier molecular flexibility index (Phi) is 4.07. The van der Waals surface area contributed by atoms with Crippen molar-refractivity contribution in [1.82, 2.24) is 9.97 Å². The number of nitrogens with one attached hydrogen (secondary N) is 1. The number of rotatable bonds is 4. The summed E-state index contributed by atoms with van der Waals surface area (Å²) < 4.78 is 12.7. The molecular formula is C12H11ClFN3O. The van der Waals surface area contributed by atoms with Crippen LogP contribution in [0.15, 0.2) is 36.7 Å². The molecular weight excluding hydrogens is 257 g/mol. The number of hydrogen-bond acceptors (Lipinski definition) is 4. The van der Waals surface area contributed by atoms with Gasteiger partial charge < -0.3 is 10.4 Å². The van der Waals surface area contributed by atoms with Gasteiger partial charge in [0, 0.05) is 12.6 Å². The van der Waals surface area contributed by atoms with Gasteiger partial charge in [-0.05, 0) is 17.7 Å². The number of aromatic nitrogens is 2. The van der Waals surface area contributed by atoms with Crippen LogP contribution >= 0.6 is 11.6 Å². The molecule has 1 heterocycles. The van der Waals surface area contributed by atoms with Crippen LogP contribution in [-0.4, -0.2) is 21.6 Å². The lowest BCUT2D eigenvalue weighted by atomic mass is 10.1. The average Bonchev–Trinajstić information content (AvgIpc) is 2.37. The summed E-state index contributed by atoms with van der Waals surface area (Å²) in [6, 6.07) is 7.24. The third kappa shape index (κ3) is 3.38. The normalized spacial score (nSPS) is 12.2. The fraction of sp³-hybridized carbons (Fsp3) is 0.167. The first-order valence-corrected chi connectivity index (χ1v) is 5.68. The highest BCUT2D eigenvalue weighted by atomic mass is 35.5. The fourth-order valence-corrected chi connectivity index (χ4v) is 1.58. The van der Waals surface area contributed by atoms with Crippen molar-refractivity contribution in [3.63, 3.8) is 0 Å². The first-order valence-electron chi connectivity index (χ1n) is 5.30. The minimum Gasteiger partial charge on any atom is -0.387 e. The molecule has 1 atom stereocenters. The van der Waals surface area contributed by atoms with E-state index in [1.165, 1.54) is 30.6 Å². The van der Waals surface area contributed by atoms with E-state index in [4.69, 9.17) is 11.6 Å². The summed E-state index contributed by atoms with van der Waals surface area (Å²) in [5.74, 6) is 0.192. The quantitative estimate of drug-likeness (QED) is 0.836. The molecule has 0 aliphatic rings. The van der Waals surface area contributed by atoms with Crippen molar-refractivity contribution in [1.29, 1.82) is 0 Å². The van der Waals surface area contributed by atoms with Crippen LogP contribution in [0, 0.1) is 5.82 Å². The zero-order valence-electron chi connectivity index (χ0n) is 9.35. The van der Waals surface area contributed by atoms with Crippen LogP contribution in [0.25, 0.3) is 0 Å². The lowest BCUT2D eigenvalue weighted by Crippen LogP contribution is -2.13. The molecule has 0 bridgehead atoms. The molecule has 0 aliphatic carbocycles. The van der Waals surface area contributed by atoms with E-state index in [0.717, 1.165) is 0 Å². The monoisotopic (exact) mass is 267 g/mol. The van der Waals surface area contributed by atoms with Gasteiger partial charge in [0.1, 0.15) is 23.1 Å². The molecule has 94 valence electrons. The Bertz CT molecular complexity index is 521. The topological polar surface area (TPSA) is 58.0 Å². The summed E-state index contributed by atoms with van der Waals surface area (Å²) in [5, 5.41) is 13.1. The van der Waals surface area contributed by atoms with Gasteiger partial charge in [-0.25, -0.2) is 14.4 Å². The van der Waals surface area contributed by atoms with Crippen molar-refractivity contribution in [3.05, 3.63) is 53.2 Å².